The molecular weight excluding hydrogens is 380 g/mol. The highest BCUT2D eigenvalue weighted by Crippen LogP contribution is 1.80. The Morgan fingerprint density at radius 3 is 1.83 bits per heavy atom. The fourth-order valence-electron chi connectivity index (χ4n) is 1.42. The minimum atomic E-state index is -0.276. The van der Waals surface area contributed by atoms with Gasteiger partial charge in [0.05, 0.1) is 19.8 Å². The van der Waals surface area contributed by atoms with E-state index < -0.39 is 0 Å². The van der Waals surface area contributed by atoms with Crippen molar-refractivity contribution >= 4 is 17.7 Å². The molecular formula is C19H40N4O6. The van der Waals surface area contributed by atoms with Crippen LogP contribution in [0.15, 0.2) is 12.7 Å². The number of carbonyl (C=O) groups excluding carboxylic acids is 3. The normalized spacial score (nSPS) is 9.14. The van der Waals surface area contributed by atoms with Crippen molar-refractivity contribution in [2.24, 2.45) is 0 Å². The molecule has 0 aliphatic heterocycles. The van der Waals surface area contributed by atoms with Crippen molar-refractivity contribution in [2.75, 3.05) is 59.7 Å². The van der Waals surface area contributed by atoms with Gasteiger partial charge in [-0.1, -0.05) is 26.8 Å². The van der Waals surface area contributed by atoms with Crippen LogP contribution in [0.5, 0.6) is 0 Å². The van der Waals surface area contributed by atoms with Crippen molar-refractivity contribution in [1.29, 1.82) is 0 Å². The van der Waals surface area contributed by atoms with Crippen molar-refractivity contribution in [3.05, 3.63) is 12.7 Å². The standard InChI is InChI=1S/C14H28N4O6.C3H6.C2H6/c1-3-12(19)18-6-7-22-8-9-23-10-13(20)16-4-5-17-14(21)11-24-15-2;1-3-2;1-2/h15H,3-11H2,1-2H3,(H,16,20)(H,17,21)(H,18,19);3H,1H2,2H3;1-2H3. The van der Waals surface area contributed by atoms with Gasteiger partial charge in [-0.3, -0.25) is 19.2 Å². The van der Waals surface area contributed by atoms with E-state index >= 15 is 0 Å². The van der Waals surface area contributed by atoms with Gasteiger partial charge in [-0.25, -0.2) is 5.48 Å². The number of allylic oxidation sites excluding steroid dienone is 1. The Balaban J connectivity index is -0.00000123. The number of hydrogen-bond donors (Lipinski definition) is 4. The highest BCUT2D eigenvalue weighted by molar-refractivity contribution is 5.78. The van der Waals surface area contributed by atoms with Gasteiger partial charge in [0.15, 0.2) is 0 Å². The minimum Gasteiger partial charge on any atom is -0.377 e. The Morgan fingerprint density at radius 1 is 0.828 bits per heavy atom. The average molecular weight is 421 g/mol. The Kier molecular flexibility index (Phi) is 30.8. The largest absolute Gasteiger partial charge is 0.377 e. The molecule has 0 spiro atoms. The lowest BCUT2D eigenvalue weighted by molar-refractivity contribution is -0.129. The van der Waals surface area contributed by atoms with E-state index in [2.05, 4.69) is 32.8 Å². The number of amides is 3. The summed E-state index contributed by atoms with van der Waals surface area (Å²) in [4.78, 5) is 38.2. The van der Waals surface area contributed by atoms with E-state index in [0.29, 0.717) is 39.3 Å². The third kappa shape index (κ3) is 30.9. The van der Waals surface area contributed by atoms with Crippen LogP contribution in [-0.4, -0.2) is 77.4 Å². The van der Waals surface area contributed by atoms with Gasteiger partial charge in [0.1, 0.15) is 13.2 Å². The topological polar surface area (TPSA) is 127 Å². The molecule has 0 atom stereocenters. The molecule has 0 saturated carbocycles. The van der Waals surface area contributed by atoms with E-state index in [1.165, 1.54) is 0 Å². The summed E-state index contributed by atoms with van der Waals surface area (Å²) in [6.45, 7) is 13.0. The maximum absolute atomic E-state index is 11.4. The van der Waals surface area contributed by atoms with Crippen LogP contribution < -0.4 is 21.4 Å². The molecule has 0 unspecified atom stereocenters. The molecule has 0 fully saturated rings. The first-order valence-electron chi connectivity index (χ1n) is 9.82. The van der Waals surface area contributed by atoms with E-state index in [0.717, 1.165) is 0 Å². The molecule has 0 bridgehead atoms. The lowest BCUT2D eigenvalue weighted by Gasteiger charge is -2.08. The summed E-state index contributed by atoms with van der Waals surface area (Å²) in [5.74, 6) is -0.565. The van der Waals surface area contributed by atoms with Crippen LogP contribution >= 0.6 is 0 Å². The fourth-order valence-corrected chi connectivity index (χ4v) is 1.42. The Labute approximate surface area is 175 Å². The van der Waals surface area contributed by atoms with Gasteiger partial charge >= 0.3 is 0 Å². The summed E-state index contributed by atoms with van der Waals surface area (Å²) in [7, 11) is 1.56. The lowest BCUT2D eigenvalue weighted by atomic mass is 10.4. The summed E-state index contributed by atoms with van der Waals surface area (Å²) >= 11 is 0. The summed E-state index contributed by atoms with van der Waals surface area (Å²) in [5, 5.41) is 7.85. The quantitative estimate of drug-likeness (QED) is 0.169. The summed E-state index contributed by atoms with van der Waals surface area (Å²) in [5.41, 5.74) is 2.38. The molecule has 0 aliphatic carbocycles. The lowest BCUT2D eigenvalue weighted by Crippen LogP contribution is -2.38. The van der Waals surface area contributed by atoms with E-state index in [4.69, 9.17) is 9.47 Å². The van der Waals surface area contributed by atoms with Crippen LogP contribution in [0.3, 0.4) is 0 Å². The van der Waals surface area contributed by atoms with Gasteiger partial charge in [0.25, 0.3) is 0 Å². The van der Waals surface area contributed by atoms with E-state index in [-0.39, 0.29) is 37.5 Å². The highest BCUT2D eigenvalue weighted by Gasteiger charge is 2.03. The van der Waals surface area contributed by atoms with Crippen LogP contribution in [0.4, 0.5) is 0 Å². The van der Waals surface area contributed by atoms with Crippen LogP contribution in [0.1, 0.15) is 34.1 Å². The van der Waals surface area contributed by atoms with Crippen molar-refractivity contribution in [3.8, 4) is 0 Å². The molecule has 0 radical (unpaired) electrons. The Bertz CT molecular complexity index is 408. The van der Waals surface area contributed by atoms with Crippen LogP contribution in [0.2, 0.25) is 0 Å². The monoisotopic (exact) mass is 420 g/mol. The first kappa shape index (κ1) is 31.7. The van der Waals surface area contributed by atoms with Crippen LogP contribution in [-0.2, 0) is 28.7 Å². The van der Waals surface area contributed by atoms with Crippen molar-refractivity contribution in [2.45, 2.75) is 34.1 Å². The molecule has 0 aromatic rings. The predicted molar refractivity (Wildman–Crippen MR) is 113 cm³/mol. The number of nitrogens with one attached hydrogen (secondary N) is 4. The van der Waals surface area contributed by atoms with Gasteiger partial charge in [0.2, 0.25) is 17.7 Å². The fraction of sp³-hybridized carbons (Fsp3) is 0.737. The van der Waals surface area contributed by atoms with E-state index in [9.17, 15) is 14.4 Å². The van der Waals surface area contributed by atoms with E-state index in [1.54, 1.807) is 20.0 Å². The van der Waals surface area contributed by atoms with Crippen molar-refractivity contribution in [1.82, 2.24) is 21.4 Å². The number of hydroxylamine groups is 1. The molecule has 4 N–H and O–H groups in total. The molecule has 10 heteroatoms. The second-order valence-electron chi connectivity index (χ2n) is 4.97. The predicted octanol–water partition coefficient (Wildman–Crippen LogP) is 0.148. The third-order valence-corrected chi connectivity index (χ3v) is 2.61. The van der Waals surface area contributed by atoms with Crippen molar-refractivity contribution in [3.63, 3.8) is 0 Å². The molecule has 0 aromatic heterocycles. The van der Waals surface area contributed by atoms with Gasteiger partial charge in [-0.2, -0.15) is 0 Å². The molecule has 0 aliphatic rings. The second-order valence-corrected chi connectivity index (χ2v) is 4.97. The van der Waals surface area contributed by atoms with Gasteiger partial charge in [-0.05, 0) is 6.92 Å². The molecule has 0 rings (SSSR count). The number of hydrogen-bond acceptors (Lipinski definition) is 7. The smallest absolute Gasteiger partial charge is 0.248 e. The summed E-state index contributed by atoms with van der Waals surface area (Å²) in [6, 6.07) is 0. The maximum Gasteiger partial charge on any atom is 0.248 e. The summed E-state index contributed by atoms with van der Waals surface area (Å²) < 4.78 is 10.4. The van der Waals surface area contributed by atoms with Crippen molar-refractivity contribution < 1.29 is 28.7 Å². The summed E-state index contributed by atoms with van der Waals surface area (Å²) in [6.07, 6.45) is 2.20. The first-order chi connectivity index (χ1) is 14.0. The molecule has 172 valence electrons. The Hall–Kier alpha value is -2.01. The zero-order valence-electron chi connectivity index (χ0n) is 18.6. The number of rotatable bonds is 15. The molecule has 29 heavy (non-hydrogen) atoms. The van der Waals surface area contributed by atoms with Gasteiger partial charge < -0.3 is 25.4 Å². The van der Waals surface area contributed by atoms with E-state index in [1.807, 2.05) is 20.8 Å². The molecule has 0 aromatic carbocycles. The minimum absolute atomic E-state index is 0.0164. The van der Waals surface area contributed by atoms with Gasteiger partial charge in [-0.15, -0.1) is 6.58 Å². The first-order valence-corrected chi connectivity index (χ1v) is 9.82. The maximum atomic E-state index is 11.4. The van der Waals surface area contributed by atoms with Crippen LogP contribution in [0, 0.1) is 0 Å². The third-order valence-electron chi connectivity index (χ3n) is 2.61. The second kappa shape index (κ2) is 28.2. The van der Waals surface area contributed by atoms with Gasteiger partial charge in [0, 0.05) is 33.1 Å². The van der Waals surface area contributed by atoms with Crippen LogP contribution in [0.25, 0.3) is 0 Å². The molecule has 0 saturated heterocycles. The number of ether oxygens (including phenoxy) is 2. The molecule has 10 nitrogen and oxygen atoms in total. The number of carbonyl (C=O) groups is 3. The average Bonchev–Trinajstić information content (AvgIpc) is 2.73. The molecule has 3 amide bonds. The SMILES string of the molecule is C=CC.CC.CCC(=O)NCCOCCOCC(=O)NCCNC(=O)CONC. The Morgan fingerprint density at radius 2 is 1.31 bits per heavy atom. The highest BCUT2D eigenvalue weighted by atomic mass is 16.6. The zero-order chi connectivity index (χ0) is 22.8. The molecule has 0 heterocycles. The zero-order valence-corrected chi connectivity index (χ0v) is 18.6.